The highest BCUT2D eigenvalue weighted by Gasteiger charge is 2.25. The van der Waals surface area contributed by atoms with Crippen LogP contribution in [0.5, 0.6) is 0 Å². The molecule has 0 radical (unpaired) electrons. The average Bonchev–Trinajstić information content (AvgIpc) is 2.96. The quantitative estimate of drug-likeness (QED) is 0.802. The van der Waals surface area contributed by atoms with E-state index in [4.69, 9.17) is 4.74 Å². The standard InChI is InChI=1S/C11H17N3O/c1-2-9(1)7-14-8-13-5-10(14)11-6-12-3-4-15-11/h5,8-9,11-12H,1-4,6-7H2. The van der Waals surface area contributed by atoms with E-state index in [0.717, 1.165) is 32.2 Å². The fourth-order valence-electron chi connectivity index (χ4n) is 2.09. The third-order valence-corrected chi connectivity index (χ3v) is 3.15. The van der Waals surface area contributed by atoms with E-state index in [1.165, 1.54) is 18.5 Å². The highest BCUT2D eigenvalue weighted by Crippen LogP contribution is 2.31. The smallest absolute Gasteiger partial charge is 0.111 e. The molecule has 2 fully saturated rings. The third-order valence-electron chi connectivity index (χ3n) is 3.15. The van der Waals surface area contributed by atoms with Gasteiger partial charge in [-0.05, 0) is 18.8 Å². The van der Waals surface area contributed by atoms with Gasteiger partial charge in [-0.3, -0.25) is 0 Å². The minimum atomic E-state index is 0.194. The Labute approximate surface area is 89.6 Å². The molecule has 15 heavy (non-hydrogen) atoms. The molecule has 1 aliphatic heterocycles. The molecule has 4 nitrogen and oxygen atoms in total. The van der Waals surface area contributed by atoms with Crippen molar-refractivity contribution in [3.05, 3.63) is 18.2 Å². The lowest BCUT2D eigenvalue weighted by atomic mass is 10.2. The first-order valence-electron chi connectivity index (χ1n) is 5.76. The molecule has 1 saturated carbocycles. The molecule has 1 atom stereocenters. The van der Waals surface area contributed by atoms with Gasteiger partial charge in [0.05, 0.1) is 24.8 Å². The minimum absolute atomic E-state index is 0.194. The third kappa shape index (κ3) is 2.06. The molecule has 1 aromatic rings. The highest BCUT2D eigenvalue weighted by molar-refractivity contribution is 5.05. The zero-order chi connectivity index (χ0) is 10.1. The number of morpholine rings is 1. The number of nitrogens with one attached hydrogen (secondary N) is 1. The lowest BCUT2D eigenvalue weighted by Gasteiger charge is -2.24. The monoisotopic (exact) mass is 207 g/mol. The molecule has 0 amide bonds. The zero-order valence-electron chi connectivity index (χ0n) is 8.85. The van der Waals surface area contributed by atoms with Gasteiger partial charge in [0.15, 0.2) is 0 Å². The minimum Gasteiger partial charge on any atom is -0.369 e. The Bertz CT molecular complexity index is 326. The summed E-state index contributed by atoms with van der Waals surface area (Å²) >= 11 is 0. The molecule has 1 saturated heterocycles. The zero-order valence-corrected chi connectivity index (χ0v) is 8.85. The highest BCUT2D eigenvalue weighted by atomic mass is 16.5. The molecule has 0 spiro atoms. The molecule has 1 aromatic heterocycles. The molecule has 1 unspecified atom stereocenters. The Morgan fingerprint density at radius 3 is 3.20 bits per heavy atom. The van der Waals surface area contributed by atoms with E-state index in [0.29, 0.717) is 0 Å². The van der Waals surface area contributed by atoms with Gasteiger partial charge in [-0.2, -0.15) is 0 Å². The van der Waals surface area contributed by atoms with Crippen molar-refractivity contribution in [1.29, 1.82) is 0 Å². The summed E-state index contributed by atoms with van der Waals surface area (Å²) in [4.78, 5) is 4.23. The largest absolute Gasteiger partial charge is 0.369 e. The number of hydrogen-bond acceptors (Lipinski definition) is 3. The SMILES string of the molecule is c1ncn(CC2CC2)c1C1CNCCO1. The van der Waals surface area contributed by atoms with E-state index in [1.54, 1.807) is 0 Å². The maximum Gasteiger partial charge on any atom is 0.111 e. The molecular formula is C11H17N3O. The van der Waals surface area contributed by atoms with Crippen LogP contribution in [-0.4, -0.2) is 29.2 Å². The number of ether oxygens (including phenoxy) is 1. The van der Waals surface area contributed by atoms with E-state index in [9.17, 15) is 0 Å². The normalized spacial score (nSPS) is 26.8. The van der Waals surface area contributed by atoms with Crippen molar-refractivity contribution in [2.45, 2.75) is 25.5 Å². The fourth-order valence-corrected chi connectivity index (χ4v) is 2.09. The topological polar surface area (TPSA) is 39.1 Å². The molecule has 1 N–H and O–H groups in total. The summed E-state index contributed by atoms with van der Waals surface area (Å²) in [5, 5.41) is 3.35. The predicted molar refractivity (Wildman–Crippen MR) is 56.5 cm³/mol. The van der Waals surface area contributed by atoms with Crippen molar-refractivity contribution in [3.63, 3.8) is 0 Å². The van der Waals surface area contributed by atoms with Crippen LogP contribution in [-0.2, 0) is 11.3 Å². The molecule has 1 aliphatic carbocycles. The fraction of sp³-hybridized carbons (Fsp3) is 0.727. The average molecular weight is 207 g/mol. The van der Waals surface area contributed by atoms with Crippen LogP contribution in [0.25, 0.3) is 0 Å². The summed E-state index contributed by atoms with van der Waals surface area (Å²) in [6.45, 7) is 3.80. The summed E-state index contributed by atoms with van der Waals surface area (Å²) in [6, 6.07) is 0. The predicted octanol–water partition coefficient (Wildman–Crippen LogP) is 0.954. The molecule has 2 heterocycles. The number of rotatable bonds is 3. The van der Waals surface area contributed by atoms with Gasteiger partial charge >= 0.3 is 0 Å². The van der Waals surface area contributed by atoms with Crippen LogP contribution in [0.2, 0.25) is 0 Å². The number of hydrogen-bond donors (Lipinski definition) is 1. The van der Waals surface area contributed by atoms with Crippen LogP contribution < -0.4 is 5.32 Å². The second-order valence-electron chi connectivity index (χ2n) is 4.48. The number of nitrogens with zero attached hydrogens (tertiary/aromatic N) is 2. The Kier molecular flexibility index (Phi) is 2.46. The van der Waals surface area contributed by atoms with Gasteiger partial charge in [0.1, 0.15) is 6.10 Å². The van der Waals surface area contributed by atoms with Crippen molar-refractivity contribution in [3.8, 4) is 0 Å². The Morgan fingerprint density at radius 1 is 1.53 bits per heavy atom. The molecular weight excluding hydrogens is 190 g/mol. The molecule has 82 valence electrons. The second kappa shape index (κ2) is 3.94. The molecule has 0 bridgehead atoms. The van der Waals surface area contributed by atoms with E-state index in [2.05, 4.69) is 14.9 Å². The molecule has 4 heteroatoms. The number of imidazole rings is 1. The summed E-state index contributed by atoms with van der Waals surface area (Å²) in [5.41, 5.74) is 1.23. The van der Waals surface area contributed by atoms with Crippen LogP contribution in [0, 0.1) is 5.92 Å². The summed E-state index contributed by atoms with van der Waals surface area (Å²) < 4.78 is 8.00. The lowest BCUT2D eigenvalue weighted by Crippen LogP contribution is -2.34. The van der Waals surface area contributed by atoms with Crippen molar-refractivity contribution in [2.24, 2.45) is 5.92 Å². The van der Waals surface area contributed by atoms with E-state index < -0.39 is 0 Å². The summed E-state index contributed by atoms with van der Waals surface area (Å²) in [6.07, 6.45) is 6.83. The van der Waals surface area contributed by atoms with Crippen molar-refractivity contribution in [1.82, 2.24) is 14.9 Å². The van der Waals surface area contributed by atoms with Gasteiger partial charge < -0.3 is 14.6 Å². The Morgan fingerprint density at radius 2 is 2.47 bits per heavy atom. The lowest BCUT2D eigenvalue weighted by molar-refractivity contribution is 0.0226. The molecule has 0 aromatic carbocycles. The molecule has 3 rings (SSSR count). The van der Waals surface area contributed by atoms with Gasteiger partial charge in [-0.1, -0.05) is 0 Å². The maximum absolute atomic E-state index is 5.74. The summed E-state index contributed by atoms with van der Waals surface area (Å²) in [5.74, 6) is 0.884. The van der Waals surface area contributed by atoms with Crippen LogP contribution in [0.15, 0.2) is 12.5 Å². The van der Waals surface area contributed by atoms with Crippen molar-refractivity contribution < 1.29 is 4.74 Å². The first-order chi connectivity index (χ1) is 7.43. The van der Waals surface area contributed by atoms with Crippen molar-refractivity contribution >= 4 is 0 Å². The first-order valence-corrected chi connectivity index (χ1v) is 5.76. The van der Waals surface area contributed by atoms with Gasteiger partial charge in [-0.25, -0.2) is 4.98 Å². The van der Waals surface area contributed by atoms with Gasteiger partial charge in [0, 0.05) is 19.6 Å². The van der Waals surface area contributed by atoms with Gasteiger partial charge in [0.2, 0.25) is 0 Å². The summed E-state index contributed by atoms with van der Waals surface area (Å²) in [7, 11) is 0. The van der Waals surface area contributed by atoms with Gasteiger partial charge in [0.25, 0.3) is 0 Å². The van der Waals surface area contributed by atoms with Crippen molar-refractivity contribution in [2.75, 3.05) is 19.7 Å². The van der Waals surface area contributed by atoms with Crippen LogP contribution in [0.3, 0.4) is 0 Å². The van der Waals surface area contributed by atoms with E-state index >= 15 is 0 Å². The van der Waals surface area contributed by atoms with Crippen LogP contribution in [0.1, 0.15) is 24.6 Å². The molecule has 2 aliphatic rings. The Balaban J connectivity index is 1.73. The maximum atomic E-state index is 5.74. The van der Waals surface area contributed by atoms with Gasteiger partial charge in [-0.15, -0.1) is 0 Å². The van der Waals surface area contributed by atoms with E-state index in [-0.39, 0.29) is 6.10 Å². The second-order valence-corrected chi connectivity index (χ2v) is 4.48. The first kappa shape index (κ1) is 9.36. The number of aromatic nitrogens is 2. The van der Waals surface area contributed by atoms with Crippen LogP contribution >= 0.6 is 0 Å². The van der Waals surface area contributed by atoms with E-state index in [1.807, 2.05) is 12.5 Å². The van der Waals surface area contributed by atoms with Crippen LogP contribution in [0.4, 0.5) is 0 Å². The Hall–Kier alpha value is -0.870.